The largest absolute Gasteiger partial charge is 0.449 e. The Morgan fingerprint density at radius 2 is 1.96 bits per heavy atom. The van der Waals surface area contributed by atoms with Gasteiger partial charge in [0.25, 0.3) is 5.91 Å². The number of thiophene rings is 1. The van der Waals surface area contributed by atoms with Gasteiger partial charge in [-0.1, -0.05) is 0 Å². The van der Waals surface area contributed by atoms with E-state index in [9.17, 15) is 14.0 Å². The van der Waals surface area contributed by atoms with Crippen LogP contribution < -0.4 is 5.32 Å². The van der Waals surface area contributed by atoms with E-state index >= 15 is 0 Å². The van der Waals surface area contributed by atoms with Gasteiger partial charge in [-0.2, -0.15) is 5.26 Å². The van der Waals surface area contributed by atoms with Crippen LogP contribution in [0.2, 0.25) is 0 Å². The fourth-order valence-corrected chi connectivity index (χ4v) is 2.94. The highest BCUT2D eigenvalue weighted by atomic mass is 32.1. The van der Waals surface area contributed by atoms with E-state index in [0.717, 1.165) is 0 Å². The van der Waals surface area contributed by atoms with Crippen LogP contribution in [0.4, 0.5) is 9.39 Å². The highest BCUT2D eigenvalue weighted by molar-refractivity contribution is 7.14. The van der Waals surface area contributed by atoms with E-state index in [0.29, 0.717) is 21.9 Å². The van der Waals surface area contributed by atoms with Crippen molar-refractivity contribution >= 4 is 28.2 Å². The Hall–Kier alpha value is -3.44. The predicted molar refractivity (Wildman–Crippen MR) is 96.6 cm³/mol. The Labute approximate surface area is 157 Å². The van der Waals surface area contributed by atoms with Crippen LogP contribution in [0.1, 0.15) is 23.0 Å². The molecular weight excluding hydrogens is 371 g/mol. The third kappa shape index (κ3) is 4.22. The number of carbonyl (C=O) groups is 2. The molecule has 1 aromatic carbocycles. The van der Waals surface area contributed by atoms with Crippen LogP contribution in [0.3, 0.4) is 0 Å². The van der Waals surface area contributed by atoms with Crippen molar-refractivity contribution in [3.05, 3.63) is 65.0 Å². The third-order valence-electron chi connectivity index (χ3n) is 3.61. The van der Waals surface area contributed by atoms with E-state index in [2.05, 4.69) is 5.32 Å². The number of furan rings is 1. The molecule has 8 heteroatoms. The smallest absolute Gasteiger partial charge is 0.375 e. The maximum Gasteiger partial charge on any atom is 0.375 e. The van der Waals surface area contributed by atoms with Crippen molar-refractivity contribution < 1.29 is 23.1 Å². The monoisotopic (exact) mass is 384 g/mol. The summed E-state index contributed by atoms with van der Waals surface area (Å²) in [5, 5.41) is 13.6. The van der Waals surface area contributed by atoms with Crippen LogP contribution in [0.25, 0.3) is 11.3 Å². The SMILES string of the molecule is C[C@@H](OC(=O)c1ccc(-c2ccc(F)cc2)o1)C(=O)Nc1sccc1C#N. The van der Waals surface area contributed by atoms with Crippen LogP contribution in [0.5, 0.6) is 0 Å². The normalized spacial score (nSPS) is 11.4. The number of hydrogen-bond acceptors (Lipinski definition) is 6. The lowest BCUT2D eigenvalue weighted by Gasteiger charge is -2.12. The number of rotatable bonds is 5. The summed E-state index contributed by atoms with van der Waals surface area (Å²) in [6.07, 6.45) is -1.09. The molecule has 0 aliphatic carbocycles. The minimum absolute atomic E-state index is 0.0807. The summed E-state index contributed by atoms with van der Waals surface area (Å²) >= 11 is 1.20. The summed E-state index contributed by atoms with van der Waals surface area (Å²) in [4.78, 5) is 24.3. The summed E-state index contributed by atoms with van der Waals surface area (Å²) in [5.74, 6) is -1.46. The minimum Gasteiger partial charge on any atom is -0.449 e. The number of esters is 1. The number of nitrogens with zero attached hydrogens (tertiary/aromatic N) is 1. The van der Waals surface area contributed by atoms with Gasteiger partial charge in [0.1, 0.15) is 22.6 Å². The summed E-state index contributed by atoms with van der Waals surface area (Å²) in [7, 11) is 0. The standard InChI is InChI=1S/C19H13FN2O4S/c1-11(17(23)22-18-13(10-21)8-9-27-18)25-19(24)16-7-6-15(26-16)12-2-4-14(20)5-3-12/h2-9,11H,1H3,(H,22,23)/t11-/m1/s1. The van der Waals surface area contributed by atoms with Gasteiger partial charge in [-0.25, -0.2) is 9.18 Å². The maximum atomic E-state index is 13.0. The number of hydrogen-bond donors (Lipinski definition) is 1. The Kier molecular flexibility index (Phi) is 5.33. The highest BCUT2D eigenvalue weighted by Gasteiger charge is 2.22. The zero-order valence-corrected chi connectivity index (χ0v) is 14.9. The number of nitrogens with one attached hydrogen (secondary N) is 1. The zero-order chi connectivity index (χ0) is 19.4. The average Bonchev–Trinajstić information content (AvgIpc) is 3.31. The third-order valence-corrected chi connectivity index (χ3v) is 4.44. The topological polar surface area (TPSA) is 92.3 Å². The lowest BCUT2D eigenvalue weighted by Crippen LogP contribution is -2.29. The van der Waals surface area contributed by atoms with E-state index in [1.807, 2.05) is 6.07 Å². The first kappa shape index (κ1) is 18.4. The van der Waals surface area contributed by atoms with Crippen molar-refractivity contribution in [2.45, 2.75) is 13.0 Å². The molecule has 1 atom stereocenters. The van der Waals surface area contributed by atoms with Gasteiger partial charge in [0.2, 0.25) is 5.76 Å². The number of benzene rings is 1. The van der Waals surface area contributed by atoms with Crippen molar-refractivity contribution in [1.29, 1.82) is 5.26 Å². The predicted octanol–water partition coefficient (Wildman–Crippen LogP) is 4.20. The van der Waals surface area contributed by atoms with E-state index < -0.39 is 18.0 Å². The second-order valence-corrected chi connectivity index (χ2v) is 6.40. The first-order valence-corrected chi connectivity index (χ1v) is 8.71. The number of ether oxygens (including phenoxy) is 1. The van der Waals surface area contributed by atoms with Gasteiger partial charge in [0.05, 0.1) is 5.56 Å². The van der Waals surface area contributed by atoms with Crippen molar-refractivity contribution in [2.75, 3.05) is 5.32 Å². The van der Waals surface area contributed by atoms with E-state index in [1.54, 1.807) is 17.5 Å². The van der Waals surface area contributed by atoms with Crippen LogP contribution in [0.15, 0.2) is 52.3 Å². The molecule has 1 amide bonds. The Balaban J connectivity index is 1.64. The summed E-state index contributed by atoms with van der Waals surface area (Å²) in [6, 6.07) is 12.1. The molecule has 2 aromatic heterocycles. The molecule has 2 heterocycles. The molecule has 0 fully saturated rings. The summed E-state index contributed by atoms with van der Waals surface area (Å²) in [6.45, 7) is 1.41. The van der Waals surface area contributed by atoms with Crippen LogP contribution >= 0.6 is 11.3 Å². The molecule has 6 nitrogen and oxygen atoms in total. The molecule has 0 aliphatic rings. The molecule has 0 saturated heterocycles. The number of amides is 1. The molecule has 0 aliphatic heterocycles. The first-order chi connectivity index (χ1) is 13.0. The van der Waals surface area contributed by atoms with Gasteiger partial charge < -0.3 is 14.5 Å². The van der Waals surface area contributed by atoms with E-state index in [1.165, 1.54) is 48.6 Å². The van der Waals surface area contributed by atoms with Crippen molar-refractivity contribution in [2.24, 2.45) is 0 Å². The van der Waals surface area contributed by atoms with Crippen LogP contribution in [0, 0.1) is 17.1 Å². The highest BCUT2D eigenvalue weighted by Crippen LogP contribution is 2.24. The minimum atomic E-state index is -1.09. The number of carbonyl (C=O) groups excluding carboxylic acids is 2. The van der Waals surface area contributed by atoms with Gasteiger partial charge >= 0.3 is 5.97 Å². The summed E-state index contributed by atoms with van der Waals surface area (Å²) < 4.78 is 23.5. The van der Waals surface area contributed by atoms with Crippen molar-refractivity contribution in [3.63, 3.8) is 0 Å². The molecule has 136 valence electrons. The zero-order valence-electron chi connectivity index (χ0n) is 14.1. The average molecular weight is 384 g/mol. The molecule has 0 spiro atoms. The molecule has 27 heavy (non-hydrogen) atoms. The second-order valence-electron chi connectivity index (χ2n) is 5.48. The van der Waals surface area contributed by atoms with Gasteiger partial charge in [0, 0.05) is 5.56 Å². The molecular formula is C19H13FN2O4S. The molecule has 0 unspecified atom stereocenters. The summed E-state index contributed by atoms with van der Waals surface area (Å²) in [5.41, 5.74) is 0.935. The Bertz CT molecular complexity index is 1020. The lowest BCUT2D eigenvalue weighted by atomic mass is 10.2. The van der Waals surface area contributed by atoms with Crippen molar-refractivity contribution in [3.8, 4) is 17.4 Å². The number of anilines is 1. The molecule has 0 bridgehead atoms. The molecule has 3 aromatic rings. The van der Waals surface area contributed by atoms with E-state index in [-0.39, 0.29) is 11.6 Å². The van der Waals surface area contributed by atoms with Crippen LogP contribution in [-0.4, -0.2) is 18.0 Å². The molecule has 1 N–H and O–H groups in total. The van der Waals surface area contributed by atoms with E-state index in [4.69, 9.17) is 14.4 Å². The number of nitriles is 1. The quantitative estimate of drug-likeness (QED) is 0.666. The fraction of sp³-hybridized carbons (Fsp3) is 0.105. The number of halogens is 1. The first-order valence-electron chi connectivity index (χ1n) is 7.83. The lowest BCUT2D eigenvalue weighted by molar-refractivity contribution is -0.123. The molecule has 3 rings (SSSR count). The Morgan fingerprint density at radius 1 is 1.22 bits per heavy atom. The molecule has 0 saturated carbocycles. The second kappa shape index (κ2) is 7.85. The van der Waals surface area contributed by atoms with Gasteiger partial charge in [-0.05, 0) is 54.8 Å². The van der Waals surface area contributed by atoms with Gasteiger partial charge in [0.15, 0.2) is 6.10 Å². The van der Waals surface area contributed by atoms with Gasteiger partial charge in [-0.15, -0.1) is 11.3 Å². The Morgan fingerprint density at radius 3 is 2.67 bits per heavy atom. The maximum absolute atomic E-state index is 13.0. The van der Waals surface area contributed by atoms with Crippen LogP contribution in [-0.2, 0) is 9.53 Å². The van der Waals surface area contributed by atoms with Gasteiger partial charge in [-0.3, -0.25) is 4.79 Å². The molecule has 0 radical (unpaired) electrons. The fourth-order valence-electron chi connectivity index (χ4n) is 2.20. The van der Waals surface area contributed by atoms with Crippen molar-refractivity contribution in [1.82, 2.24) is 0 Å².